The quantitative estimate of drug-likeness (QED) is 0.736. The second-order valence-electron chi connectivity index (χ2n) is 1.94. The number of halogens is 2. The van der Waals surface area contributed by atoms with Crippen molar-refractivity contribution < 1.29 is 4.74 Å². The van der Waals surface area contributed by atoms with Gasteiger partial charge in [-0.2, -0.15) is 5.26 Å². The van der Waals surface area contributed by atoms with Gasteiger partial charge in [-0.15, -0.1) is 0 Å². The Kier molecular flexibility index (Phi) is 3.21. The molecule has 0 unspecified atom stereocenters. The Balaban J connectivity index is 2.84. The summed E-state index contributed by atoms with van der Waals surface area (Å²) >= 11 is 11.3. The molecule has 0 aliphatic carbocycles. The molecular weight excluding hydrogens is 197 g/mol. The monoisotopic (exact) mass is 200 g/mol. The number of hydrogen-bond donors (Lipinski definition) is 0. The highest BCUT2D eigenvalue weighted by molar-refractivity contribution is 6.34. The normalized spacial score (nSPS) is 9.08. The number of nitriles is 1. The molecule has 1 rings (SSSR count). The molecule has 1 radical (unpaired) electrons. The zero-order valence-corrected chi connectivity index (χ0v) is 7.49. The summed E-state index contributed by atoms with van der Waals surface area (Å²) in [4.78, 5) is 0. The number of ether oxygens (including phenoxy) is 1. The van der Waals surface area contributed by atoms with Gasteiger partial charge in [0.1, 0.15) is 11.8 Å². The molecule has 1 aromatic carbocycles. The fraction of sp³-hybridized carbons (Fsp3) is 0.125. The molecular formula is C8H4Cl2NO. The van der Waals surface area contributed by atoms with E-state index in [0.29, 0.717) is 15.8 Å². The first kappa shape index (κ1) is 9.18. The molecule has 0 heterocycles. The Morgan fingerprint density at radius 2 is 2.33 bits per heavy atom. The standard InChI is InChI=1S/C8H4Cl2NO/c9-6-1-2-7(10)8(5-6)12-4-3-11/h1,5H,4H2. The molecule has 0 bridgehead atoms. The zero-order valence-electron chi connectivity index (χ0n) is 5.97. The summed E-state index contributed by atoms with van der Waals surface area (Å²) in [6, 6.07) is 7.57. The van der Waals surface area contributed by atoms with E-state index in [0.717, 1.165) is 0 Å². The van der Waals surface area contributed by atoms with Gasteiger partial charge in [0.05, 0.1) is 5.02 Å². The van der Waals surface area contributed by atoms with Crippen molar-refractivity contribution in [2.45, 2.75) is 0 Å². The second kappa shape index (κ2) is 4.20. The predicted octanol–water partition coefficient (Wildman–Crippen LogP) is 2.70. The molecule has 4 heteroatoms. The average molecular weight is 201 g/mol. The lowest BCUT2D eigenvalue weighted by Gasteiger charge is -2.02. The number of benzene rings is 1. The first-order valence-corrected chi connectivity index (χ1v) is 3.86. The minimum absolute atomic E-state index is 0.0477. The molecule has 0 aliphatic rings. The first-order chi connectivity index (χ1) is 5.74. The van der Waals surface area contributed by atoms with Crippen LogP contribution in [0.3, 0.4) is 0 Å². The SMILES string of the molecule is N#CCOc1cc(Cl)c[c]c1Cl. The molecule has 0 aliphatic heterocycles. The maximum absolute atomic E-state index is 8.23. The van der Waals surface area contributed by atoms with Crippen LogP contribution in [0.4, 0.5) is 0 Å². The van der Waals surface area contributed by atoms with Gasteiger partial charge in [0.25, 0.3) is 0 Å². The lowest BCUT2D eigenvalue weighted by molar-refractivity contribution is 0.368. The molecule has 0 N–H and O–H groups in total. The van der Waals surface area contributed by atoms with Gasteiger partial charge in [-0.25, -0.2) is 0 Å². The maximum Gasteiger partial charge on any atom is 0.174 e. The van der Waals surface area contributed by atoms with E-state index >= 15 is 0 Å². The van der Waals surface area contributed by atoms with Gasteiger partial charge in [0.2, 0.25) is 0 Å². The first-order valence-electron chi connectivity index (χ1n) is 3.10. The third-order valence-corrected chi connectivity index (χ3v) is 1.63. The van der Waals surface area contributed by atoms with E-state index in [1.54, 1.807) is 0 Å². The lowest BCUT2D eigenvalue weighted by Crippen LogP contribution is -1.93. The van der Waals surface area contributed by atoms with E-state index in [-0.39, 0.29) is 6.61 Å². The van der Waals surface area contributed by atoms with Crippen molar-refractivity contribution in [3.8, 4) is 11.8 Å². The van der Waals surface area contributed by atoms with E-state index in [1.165, 1.54) is 12.1 Å². The van der Waals surface area contributed by atoms with Gasteiger partial charge in [0.15, 0.2) is 6.61 Å². The van der Waals surface area contributed by atoms with Crippen LogP contribution in [0.25, 0.3) is 0 Å². The van der Waals surface area contributed by atoms with E-state index in [2.05, 4.69) is 6.07 Å². The van der Waals surface area contributed by atoms with E-state index < -0.39 is 0 Å². The van der Waals surface area contributed by atoms with Crippen LogP contribution in [-0.4, -0.2) is 6.61 Å². The van der Waals surface area contributed by atoms with Crippen molar-refractivity contribution in [2.75, 3.05) is 6.61 Å². The summed E-state index contributed by atoms with van der Waals surface area (Å²) < 4.78 is 4.96. The molecule has 0 spiro atoms. The second-order valence-corrected chi connectivity index (χ2v) is 2.76. The van der Waals surface area contributed by atoms with Crippen LogP contribution in [0.2, 0.25) is 10.0 Å². The fourth-order valence-electron chi connectivity index (χ4n) is 0.649. The van der Waals surface area contributed by atoms with Crippen molar-refractivity contribution in [1.29, 1.82) is 5.26 Å². The molecule has 2 nitrogen and oxygen atoms in total. The highest BCUT2D eigenvalue weighted by atomic mass is 35.5. The van der Waals surface area contributed by atoms with Crippen molar-refractivity contribution in [3.05, 3.63) is 28.2 Å². The highest BCUT2D eigenvalue weighted by Gasteiger charge is 2.01. The maximum atomic E-state index is 8.23. The molecule has 1 aromatic rings. The van der Waals surface area contributed by atoms with E-state index in [4.69, 9.17) is 33.2 Å². The van der Waals surface area contributed by atoms with Gasteiger partial charge in [-0.1, -0.05) is 23.2 Å². The van der Waals surface area contributed by atoms with Gasteiger partial charge < -0.3 is 4.74 Å². The Morgan fingerprint density at radius 1 is 1.58 bits per heavy atom. The fourth-order valence-corrected chi connectivity index (χ4v) is 0.966. The minimum Gasteiger partial charge on any atom is -0.477 e. The van der Waals surface area contributed by atoms with Crippen LogP contribution < -0.4 is 4.74 Å². The third kappa shape index (κ3) is 2.30. The van der Waals surface area contributed by atoms with Gasteiger partial charge in [0, 0.05) is 17.2 Å². The molecule has 12 heavy (non-hydrogen) atoms. The number of hydrogen-bond acceptors (Lipinski definition) is 2. The third-order valence-electron chi connectivity index (χ3n) is 1.11. The zero-order chi connectivity index (χ0) is 8.97. The smallest absolute Gasteiger partial charge is 0.174 e. The Labute approximate surface area is 80.3 Å². The average Bonchev–Trinajstić information content (AvgIpc) is 2.07. The molecule has 0 saturated heterocycles. The Hall–Kier alpha value is -0.910. The summed E-state index contributed by atoms with van der Waals surface area (Å²) in [7, 11) is 0. The topological polar surface area (TPSA) is 33.0 Å². The van der Waals surface area contributed by atoms with Crippen molar-refractivity contribution >= 4 is 23.2 Å². The molecule has 0 atom stereocenters. The van der Waals surface area contributed by atoms with Crippen molar-refractivity contribution in [1.82, 2.24) is 0 Å². The van der Waals surface area contributed by atoms with Crippen LogP contribution in [0.15, 0.2) is 12.1 Å². The van der Waals surface area contributed by atoms with Gasteiger partial charge in [-0.05, 0) is 6.07 Å². The highest BCUT2D eigenvalue weighted by Crippen LogP contribution is 2.26. The Bertz CT molecular complexity index is 319. The molecule has 0 fully saturated rings. The summed E-state index contributed by atoms with van der Waals surface area (Å²) in [5, 5.41) is 9.03. The largest absolute Gasteiger partial charge is 0.477 e. The van der Waals surface area contributed by atoms with Crippen LogP contribution in [-0.2, 0) is 0 Å². The van der Waals surface area contributed by atoms with Crippen molar-refractivity contribution in [2.24, 2.45) is 0 Å². The van der Waals surface area contributed by atoms with Gasteiger partial charge in [-0.3, -0.25) is 0 Å². The summed E-state index contributed by atoms with van der Waals surface area (Å²) in [6.07, 6.45) is 0. The summed E-state index contributed by atoms with van der Waals surface area (Å²) in [5.41, 5.74) is 0. The molecule has 0 amide bonds. The number of nitrogens with zero attached hydrogens (tertiary/aromatic N) is 1. The molecule has 0 aromatic heterocycles. The van der Waals surface area contributed by atoms with Crippen molar-refractivity contribution in [3.63, 3.8) is 0 Å². The van der Waals surface area contributed by atoms with E-state index in [1.807, 2.05) is 6.07 Å². The Morgan fingerprint density at radius 3 is 3.00 bits per heavy atom. The predicted molar refractivity (Wildman–Crippen MR) is 46.4 cm³/mol. The van der Waals surface area contributed by atoms with Crippen LogP contribution in [0, 0.1) is 17.4 Å². The summed E-state index contributed by atoms with van der Waals surface area (Å²) in [6.45, 7) is -0.0477. The van der Waals surface area contributed by atoms with Gasteiger partial charge >= 0.3 is 0 Å². The summed E-state index contributed by atoms with van der Waals surface area (Å²) in [5.74, 6) is 0.380. The molecule has 0 saturated carbocycles. The van der Waals surface area contributed by atoms with Crippen LogP contribution >= 0.6 is 23.2 Å². The lowest BCUT2D eigenvalue weighted by atomic mass is 10.3. The molecule has 61 valence electrons. The minimum atomic E-state index is -0.0477. The van der Waals surface area contributed by atoms with Crippen LogP contribution in [0.5, 0.6) is 5.75 Å². The van der Waals surface area contributed by atoms with E-state index in [9.17, 15) is 0 Å². The number of rotatable bonds is 2. The van der Waals surface area contributed by atoms with Crippen LogP contribution in [0.1, 0.15) is 0 Å².